The smallest absolute Gasteiger partial charge is 0.231 e. The lowest BCUT2D eigenvalue weighted by Crippen LogP contribution is -2.42. The number of thioether (sulfide) groups is 1. The van der Waals surface area contributed by atoms with Crippen LogP contribution in [0.3, 0.4) is 0 Å². The summed E-state index contributed by atoms with van der Waals surface area (Å²) in [5, 5.41) is 9.98. The van der Waals surface area contributed by atoms with Crippen molar-refractivity contribution >= 4 is 34.2 Å². The topological polar surface area (TPSA) is 40.5 Å². The minimum absolute atomic E-state index is 0.0822. The zero-order chi connectivity index (χ0) is 15.3. The van der Waals surface area contributed by atoms with Crippen molar-refractivity contribution in [2.45, 2.75) is 46.3 Å². The summed E-state index contributed by atoms with van der Waals surface area (Å²) < 4.78 is 0.634. The standard InChI is InChI=1S/C15H23NO2S2/c1-5-6-11(4)7-12(17)8-14(18)16-13(10(2)3)9-20-15(16)19/h5-7,10,12-13,17H,8-9H2,1-4H3/b6-5-,11-7+/t12-,13+/m1/s1. The van der Waals surface area contributed by atoms with Gasteiger partial charge in [-0.25, -0.2) is 0 Å². The average Bonchev–Trinajstić information content (AvgIpc) is 2.71. The van der Waals surface area contributed by atoms with Gasteiger partial charge >= 0.3 is 0 Å². The van der Waals surface area contributed by atoms with Crippen LogP contribution in [0.25, 0.3) is 0 Å². The molecule has 0 bridgehead atoms. The van der Waals surface area contributed by atoms with E-state index in [1.807, 2.05) is 26.0 Å². The largest absolute Gasteiger partial charge is 0.388 e. The Kier molecular flexibility index (Phi) is 6.92. The highest BCUT2D eigenvalue weighted by atomic mass is 32.2. The number of rotatable bonds is 5. The number of amides is 1. The normalized spacial score (nSPS) is 22.1. The summed E-state index contributed by atoms with van der Waals surface area (Å²) in [7, 11) is 0. The Morgan fingerprint density at radius 3 is 2.80 bits per heavy atom. The molecule has 1 heterocycles. The Balaban J connectivity index is 2.70. The van der Waals surface area contributed by atoms with Crippen molar-refractivity contribution in [3.8, 4) is 0 Å². The Hall–Kier alpha value is -0.650. The van der Waals surface area contributed by atoms with Crippen molar-refractivity contribution in [2.24, 2.45) is 5.92 Å². The second kappa shape index (κ2) is 7.96. The van der Waals surface area contributed by atoms with E-state index >= 15 is 0 Å². The number of carbonyl (C=O) groups is 1. The van der Waals surface area contributed by atoms with Gasteiger partial charge in [-0.2, -0.15) is 0 Å². The summed E-state index contributed by atoms with van der Waals surface area (Å²) in [6.07, 6.45) is 4.83. The third-order valence-corrected chi connectivity index (χ3v) is 4.71. The van der Waals surface area contributed by atoms with Gasteiger partial charge in [0.15, 0.2) is 0 Å². The van der Waals surface area contributed by atoms with Gasteiger partial charge < -0.3 is 5.11 Å². The summed E-state index contributed by atoms with van der Waals surface area (Å²) in [6.45, 7) is 8.00. The molecule has 0 aliphatic carbocycles. The Labute approximate surface area is 131 Å². The molecule has 1 aliphatic heterocycles. The van der Waals surface area contributed by atoms with E-state index in [9.17, 15) is 9.90 Å². The first-order valence-corrected chi connectivity index (χ1v) is 8.24. The van der Waals surface area contributed by atoms with Crippen LogP contribution >= 0.6 is 24.0 Å². The fraction of sp³-hybridized carbons (Fsp3) is 0.600. The van der Waals surface area contributed by atoms with Crippen molar-refractivity contribution in [2.75, 3.05) is 5.75 Å². The molecule has 3 nitrogen and oxygen atoms in total. The van der Waals surface area contributed by atoms with Crippen molar-refractivity contribution in [1.82, 2.24) is 4.90 Å². The third-order valence-electron chi connectivity index (χ3n) is 3.21. The van der Waals surface area contributed by atoms with Crippen molar-refractivity contribution in [3.63, 3.8) is 0 Å². The number of thiocarbonyl (C=S) groups is 1. The summed E-state index contributed by atoms with van der Waals surface area (Å²) >= 11 is 6.80. The predicted molar refractivity (Wildman–Crippen MR) is 89.7 cm³/mol. The SMILES string of the molecule is C/C=C\C(C)=C\[C@@H](O)CC(=O)N1C(=S)SC[C@H]1C(C)C. The molecule has 5 heteroatoms. The van der Waals surface area contributed by atoms with Crippen LogP contribution in [0.15, 0.2) is 23.8 Å². The molecule has 20 heavy (non-hydrogen) atoms. The third kappa shape index (κ3) is 4.72. The maximum absolute atomic E-state index is 12.3. The van der Waals surface area contributed by atoms with Gasteiger partial charge in [-0.1, -0.05) is 61.6 Å². The summed E-state index contributed by atoms with van der Waals surface area (Å²) in [6, 6.07) is 0.146. The van der Waals surface area contributed by atoms with Crippen LogP contribution in [-0.4, -0.2) is 38.1 Å². The number of nitrogens with zero attached hydrogens (tertiary/aromatic N) is 1. The first kappa shape index (κ1) is 17.4. The van der Waals surface area contributed by atoms with E-state index in [2.05, 4.69) is 13.8 Å². The van der Waals surface area contributed by atoms with Crippen LogP contribution in [-0.2, 0) is 4.79 Å². The zero-order valence-corrected chi connectivity index (χ0v) is 14.1. The van der Waals surface area contributed by atoms with Crippen LogP contribution < -0.4 is 0 Å². The van der Waals surface area contributed by atoms with E-state index in [1.165, 1.54) is 0 Å². The first-order chi connectivity index (χ1) is 9.36. The minimum atomic E-state index is -0.764. The maximum Gasteiger partial charge on any atom is 0.231 e. The summed E-state index contributed by atoms with van der Waals surface area (Å²) in [5.74, 6) is 1.13. The van der Waals surface area contributed by atoms with Crippen molar-refractivity contribution < 1.29 is 9.90 Å². The Bertz CT molecular complexity index is 430. The fourth-order valence-corrected chi connectivity index (χ4v) is 3.84. The van der Waals surface area contributed by atoms with Crippen molar-refractivity contribution in [1.29, 1.82) is 0 Å². The molecule has 1 fully saturated rings. The van der Waals surface area contributed by atoms with E-state index in [4.69, 9.17) is 12.2 Å². The van der Waals surface area contributed by atoms with Gasteiger partial charge in [0.2, 0.25) is 5.91 Å². The first-order valence-electron chi connectivity index (χ1n) is 6.84. The molecule has 1 aliphatic rings. The Morgan fingerprint density at radius 1 is 1.60 bits per heavy atom. The molecule has 1 N–H and O–H groups in total. The van der Waals surface area contributed by atoms with Gasteiger partial charge in [-0.15, -0.1) is 0 Å². The lowest BCUT2D eigenvalue weighted by molar-refractivity contribution is -0.130. The molecule has 0 aromatic carbocycles. The quantitative estimate of drug-likeness (QED) is 0.625. The van der Waals surface area contributed by atoms with Crippen LogP contribution in [0.4, 0.5) is 0 Å². The van der Waals surface area contributed by atoms with Gasteiger partial charge in [0.1, 0.15) is 4.32 Å². The number of aliphatic hydroxyl groups excluding tert-OH is 1. The molecule has 0 spiro atoms. The van der Waals surface area contributed by atoms with E-state index in [0.29, 0.717) is 10.2 Å². The molecule has 0 saturated carbocycles. The molecule has 2 atom stereocenters. The average molecular weight is 313 g/mol. The van der Waals surface area contributed by atoms with Crippen LogP contribution in [0.2, 0.25) is 0 Å². The van der Waals surface area contributed by atoms with E-state index < -0.39 is 6.10 Å². The van der Waals surface area contributed by atoms with Crippen molar-refractivity contribution in [3.05, 3.63) is 23.8 Å². The van der Waals surface area contributed by atoms with Crippen LogP contribution in [0.1, 0.15) is 34.1 Å². The van der Waals surface area contributed by atoms with Gasteiger partial charge in [0.25, 0.3) is 0 Å². The molecule has 0 aromatic rings. The molecule has 0 aromatic heterocycles. The summed E-state index contributed by atoms with van der Waals surface area (Å²) in [5.41, 5.74) is 0.951. The van der Waals surface area contributed by atoms with Gasteiger partial charge in [0, 0.05) is 11.8 Å². The van der Waals surface area contributed by atoms with Gasteiger partial charge in [-0.05, 0) is 19.8 Å². The molecule has 1 rings (SSSR count). The molecule has 1 amide bonds. The van der Waals surface area contributed by atoms with E-state index in [-0.39, 0.29) is 18.4 Å². The highest BCUT2D eigenvalue weighted by molar-refractivity contribution is 8.23. The van der Waals surface area contributed by atoms with Gasteiger partial charge in [0.05, 0.1) is 12.5 Å². The van der Waals surface area contributed by atoms with Gasteiger partial charge in [-0.3, -0.25) is 9.69 Å². The molecule has 0 radical (unpaired) electrons. The Morgan fingerprint density at radius 2 is 2.25 bits per heavy atom. The molecule has 0 unspecified atom stereocenters. The monoisotopic (exact) mass is 313 g/mol. The number of allylic oxidation sites excluding steroid dienone is 3. The highest BCUT2D eigenvalue weighted by Gasteiger charge is 2.35. The second-order valence-corrected chi connectivity index (χ2v) is 6.99. The molecule has 112 valence electrons. The van der Waals surface area contributed by atoms with E-state index in [1.54, 1.807) is 22.7 Å². The minimum Gasteiger partial charge on any atom is -0.388 e. The number of aliphatic hydroxyl groups is 1. The maximum atomic E-state index is 12.3. The molecule has 1 saturated heterocycles. The highest BCUT2D eigenvalue weighted by Crippen LogP contribution is 2.29. The lowest BCUT2D eigenvalue weighted by Gasteiger charge is -2.27. The van der Waals surface area contributed by atoms with Crippen LogP contribution in [0.5, 0.6) is 0 Å². The lowest BCUT2D eigenvalue weighted by atomic mass is 10.0. The predicted octanol–water partition coefficient (Wildman–Crippen LogP) is 3.14. The van der Waals surface area contributed by atoms with E-state index in [0.717, 1.165) is 11.3 Å². The number of carbonyl (C=O) groups excluding carboxylic acids is 1. The molecular formula is C15H23NO2S2. The number of hydrogen-bond donors (Lipinski definition) is 1. The van der Waals surface area contributed by atoms with Crippen LogP contribution in [0, 0.1) is 5.92 Å². The summed E-state index contributed by atoms with van der Waals surface area (Å²) in [4.78, 5) is 14.0. The molecular weight excluding hydrogens is 290 g/mol. The second-order valence-electron chi connectivity index (χ2n) is 5.33. The fourth-order valence-electron chi connectivity index (χ4n) is 2.17. The zero-order valence-electron chi connectivity index (χ0n) is 12.5. The number of hydrogen-bond acceptors (Lipinski definition) is 4.